The van der Waals surface area contributed by atoms with Gasteiger partial charge < -0.3 is 15.3 Å². The lowest BCUT2D eigenvalue weighted by molar-refractivity contribution is 0.0792. The smallest absolute Gasteiger partial charge is 0.257 e. The summed E-state index contributed by atoms with van der Waals surface area (Å²) in [5, 5.41) is 11.7. The van der Waals surface area contributed by atoms with E-state index < -0.39 is 0 Å². The van der Waals surface area contributed by atoms with Gasteiger partial charge in [0.1, 0.15) is 0 Å². The molecule has 5 heteroatoms. The van der Waals surface area contributed by atoms with Gasteiger partial charge in [-0.1, -0.05) is 0 Å². The highest BCUT2D eigenvalue weighted by atomic mass is 16.2. The molecule has 0 aliphatic heterocycles. The van der Waals surface area contributed by atoms with Crippen molar-refractivity contribution in [3.8, 4) is 0 Å². The van der Waals surface area contributed by atoms with Gasteiger partial charge in [0.2, 0.25) is 0 Å². The fourth-order valence-electron chi connectivity index (χ4n) is 1.88. The summed E-state index contributed by atoms with van der Waals surface area (Å²) < 4.78 is 0. The molecule has 0 aliphatic carbocycles. The second-order valence-corrected chi connectivity index (χ2v) is 4.63. The van der Waals surface area contributed by atoms with E-state index in [0.717, 1.165) is 30.6 Å². The first kappa shape index (κ1) is 15.4. The second-order valence-electron chi connectivity index (χ2n) is 4.63. The van der Waals surface area contributed by atoms with Crippen LogP contribution >= 0.6 is 0 Å². The summed E-state index contributed by atoms with van der Waals surface area (Å²) in [4.78, 5) is 18.2. The SMILES string of the molecule is CNc1cc(C)ncc1C(=O)N(C)CCCCCO. The van der Waals surface area contributed by atoms with Crippen LogP contribution in [0, 0.1) is 6.92 Å². The molecule has 0 saturated carbocycles. The summed E-state index contributed by atoms with van der Waals surface area (Å²) >= 11 is 0. The van der Waals surface area contributed by atoms with Crippen molar-refractivity contribution in [2.24, 2.45) is 0 Å². The molecule has 0 saturated heterocycles. The Bertz CT molecular complexity index is 421. The van der Waals surface area contributed by atoms with Gasteiger partial charge in [0.15, 0.2) is 0 Å². The molecule has 0 unspecified atom stereocenters. The Hall–Kier alpha value is -1.62. The highest BCUT2D eigenvalue weighted by Gasteiger charge is 2.15. The second kappa shape index (κ2) is 7.74. The number of carbonyl (C=O) groups excluding carboxylic acids is 1. The van der Waals surface area contributed by atoms with Gasteiger partial charge in [-0.15, -0.1) is 0 Å². The lowest BCUT2D eigenvalue weighted by atomic mass is 10.1. The number of hydrogen-bond donors (Lipinski definition) is 2. The van der Waals surface area contributed by atoms with Crippen molar-refractivity contribution in [3.63, 3.8) is 0 Å². The van der Waals surface area contributed by atoms with Crippen molar-refractivity contribution in [1.29, 1.82) is 0 Å². The largest absolute Gasteiger partial charge is 0.396 e. The molecule has 1 aromatic rings. The number of aliphatic hydroxyl groups excluding tert-OH is 1. The fourth-order valence-corrected chi connectivity index (χ4v) is 1.88. The van der Waals surface area contributed by atoms with E-state index >= 15 is 0 Å². The molecule has 2 N–H and O–H groups in total. The Kier molecular flexibility index (Phi) is 6.29. The van der Waals surface area contributed by atoms with Gasteiger partial charge in [0, 0.05) is 39.1 Å². The number of carbonyl (C=O) groups is 1. The molecule has 1 aromatic heterocycles. The van der Waals surface area contributed by atoms with E-state index in [9.17, 15) is 4.79 Å². The Morgan fingerprint density at radius 3 is 2.79 bits per heavy atom. The molecular weight excluding hydrogens is 242 g/mol. The molecule has 5 nitrogen and oxygen atoms in total. The van der Waals surface area contributed by atoms with Gasteiger partial charge in [0.05, 0.1) is 11.3 Å². The number of pyridine rings is 1. The maximum Gasteiger partial charge on any atom is 0.257 e. The normalized spacial score (nSPS) is 10.3. The van der Waals surface area contributed by atoms with Crippen molar-refractivity contribution in [1.82, 2.24) is 9.88 Å². The molecule has 0 atom stereocenters. The van der Waals surface area contributed by atoms with Gasteiger partial charge >= 0.3 is 0 Å². The van der Waals surface area contributed by atoms with E-state index in [1.807, 2.05) is 13.0 Å². The highest BCUT2D eigenvalue weighted by molar-refractivity contribution is 5.99. The quantitative estimate of drug-likeness (QED) is 0.736. The summed E-state index contributed by atoms with van der Waals surface area (Å²) in [6.07, 6.45) is 4.24. The third-order valence-corrected chi connectivity index (χ3v) is 3.04. The number of aryl methyl sites for hydroxylation is 1. The van der Waals surface area contributed by atoms with E-state index in [1.165, 1.54) is 0 Å². The van der Waals surface area contributed by atoms with E-state index in [-0.39, 0.29) is 12.5 Å². The average molecular weight is 265 g/mol. The van der Waals surface area contributed by atoms with Crippen molar-refractivity contribution < 1.29 is 9.90 Å². The molecule has 19 heavy (non-hydrogen) atoms. The van der Waals surface area contributed by atoms with Crippen LogP contribution in [0.15, 0.2) is 12.3 Å². The minimum Gasteiger partial charge on any atom is -0.396 e. The van der Waals surface area contributed by atoms with E-state index in [1.54, 1.807) is 25.2 Å². The zero-order chi connectivity index (χ0) is 14.3. The Morgan fingerprint density at radius 2 is 2.16 bits per heavy atom. The molecule has 106 valence electrons. The zero-order valence-electron chi connectivity index (χ0n) is 11.9. The fraction of sp³-hybridized carbons (Fsp3) is 0.571. The van der Waals surface area contributed by atoms with Crippen LogP contribution < -0.4 is 5.32 Å². The average Bonchev–Trinajstić information content (AvgIpc) is 2.42. The lowest BCUT2D eigenvalue weighted by Gasteiger charge is -2.18. The van der Waals surface area contributed by atoms with Crippen LogP contribution in [0.2, 0.25) is 0 Å². The topological polar surface area (TPSA) is 65.5 Å². The van der Waals surface area contributed by atoms with Crippen LogP contribution in [0.5, 0.6) is 0 Å². The number of rotatable bonds is 7. The number of anilines is 1. The summed E-state index contributed by atoms with van der Waals surface area (Å²) in [5.41, 5.74) is 2.28. The molecule has 0 aliphatic rings. The van der Waals surface area contributed by atoms with E-state index in [2.05, 4.69) is 10.3 Å². The third-order valence-electron chi connectivity index (χ3n) is 3.04. The molecule has 1 amide bonds. The number of aliphatic hydroxyl groups is 1. The molecule has 0 spiro atoms. The zero-order valence-corrected chi connectivity index (χ0v) is 11.9. The standard InChI is InChI=1S/C14H23N3O2/c1-11-9-13(15-2)12(10-16-11)14(19)17(3)7-5-4-6-8-18/h9-10,18H,4-8H2,1-3H3,(H,15,16). The van der Waals surface area contributed by atoms with Crippen molar-refractivity contribution in [2.45, 2.75) is 26.2 Å². The van der Waals surface area contributed by atoms with Gasteiger partial charge in [-0.3, -0.25) is 9.78 Å². The van der Waals surface area contributed by atoms with Gasteiger partial charge in [-0.25, -0.2) is 0 Å². The molecule has 0 aromatic carbocycles. The Labute approximate surface area is 114 Å². The van der Waals surface area contributed by atoms with Crippen LogP contribution in [0.25, 0.3) is 0 Å². The first-order chi connectivity index (χ1) is 9.10. The predicted molar refractivity (Wildman–Crippen MR) is 76.4 cm³/mol. The summed E-state index contributed by atoms with van der Waals surface area (Å²) in [6, 6.07) is 1.87. The van der Waals surface area contributed by atoms with Crippen LogP contribution in [0.3, 0.4) is 0 Å². The Balaban J connectivity index is 2.66. The monoisotopic (exact) mass is 265 g/mol. The van der Waals surface area contributed by atoms with Crippen LogP contribution in [0.1, 0.15) is 35.3 Å². The van der Waals surface area contributed by atoms with Gasteiger partial charge in [-0.2, -0.15) is 0 Å². The van der Waals surface area contributed by atoms with Gasteiger partial charge in [-0.05, 0) is 32.3 Å². The molecule has 0 fully saturated rings. The Morgan fingerprint density at radius 1 is 1.42 bits per heavy atom. The highest BCUT2D eigenvalue weighted by Crippen LogP contribution is 2.17. The molecular formula is C14H23N3O2. The van der Waals surface area contributed by atoms with Gasteiger partial charge in [0.25, 0.3) is 5.91 Å². The summed E-state index contributed by atoms with van der Waals surface area (Å²) in [7, 11) is 3.59. The molecule has 0 radical (unpaired) electrons. The maximum atomic E-state index is 12.3. The van der Waals surface area contributed by atoms with Crippen LogP contribution in [0.4, 0.5) is 5.69 Å². The minimum absolute atomic E-state index is 0.0270. The van der Waals surface area contributed by atoms with Crippen LogP contribution in [-0.4, -0.2) is 48.1 Å². The first-order valence-corrected chi connectivity index (χ1v) is 6.61. The number of amides is 1. The third kappa shape index (κ3) is 4.52. The van der Waals surface area contributed by atoms with E-state index in [0.29, 0.717) is 12.1 Å². The van der Waals surface area contributed by atoms with E-state index in [4.69, 9.17) is 5.11 Å². The molecule has 0 bridgehead atoms. The van der Waals surface area contributed by atoms with Crippen LogP contribution in [-0.2, 0) is 0 Å². The maximum absolute atomic E-state index is 12.3. The number of aromatic nitrogens is 1. The summed E-state index contributed by atoms with van der Waals surface area (Å²) in [6.45, 7) is 2.80. The first-order valence-electron chi connectivity index (χ1n) is 6.61. The lowest BCUT2D eigenvalue weighted by Crippen LogP contribution is -2.28. The van der Waals surface area contributed by atoms with Crippen molar-refractivity contribution >= 4 is 11.6 Å². The summed E-state index contributed by atoms with van der Waals surface area (Å²) in [5.74, 6) is -0.0270. The predicted octanol–water partition coefficient (Wildman–Crippen LogP) is 1.67. The number of unbranched alkanes of at least 4 members (excludes halogenated alkanes) is 2. The molecule has 1 rings (SSSR count). The molecule has 1 heterocycles. The van der Waals surface area contributed by atoms with Crippen molar-refractivity contribution in [3.05, 3.63) is 23.5 Å². The van der Waals surface area contributed by atoms with Crippen molar-refractivity contribution in [2.75, 3.05) is 32.6 Å². The minimum atomic E-state index is -0.0270. The number of hydrogen-bond acceptors (Lipinski definition) is 4. The number of nitrogens with zero attached hydrogens (tertiary/aromatic N) is 2. The number of nitrogens with one attached hydrogen (secondary N) is 1.